The van der Waals surface area contributed by atoms with Crippen molar-refractivity contribution < 1.29 is 19.1 Å². The van der Waals surface area contributed by atoms with Crippen molar-refractivity contribution in [1.82, 2.24) is 0 Å². The summed E-state index contributed by atoms with van der Waals surface area (Å²) in [6.45, 7) is 0. The number of methoxy groups -OCH3 is 2. The highest BCUT2D eigenvalue weighted by molar-refractivity contribution is 5.88. The molecule has 0 amide bonds. The van der Waals surface area contributed by atoms with E-state index in [9.17, 15) is 9.59 Å². The summed E-state index contributed by atoms with van der Waals surface area (Å²) in [6.07, 6.45) is -0.0263. The van der Waals surface area contributed by atoms with Crippen molar-refractivity contribution in [1.29, 1.82) is 0 Å². The van der Waals surface area contributed by atoms with Gasteiger partial charge in [-0.3, -0.25) is 9.59 Å². The van der Waals surface area contributed by atoms with Gasteiger partial charge in [0.2, 0.25) is 0 Å². The zero-order valence-corrected chi connectivity index (χ0v) is 11.5. The third-order valence-electron chi connectivity index (χ3n) is 3.26. The minimum Gasteiger partial charge on any atom is -0.469 e. The number of rotatable bonds is 4. The molecule has 4 heteroatoms. The molecule has 0 aliphatic carbocycles. The number of carbonyl (C=O) groups excluding carboxylic acids is 2. The van der Waals surface area contributed by atoms with Gasteiger partial charge in [-0.2, -0.15) is 0 Å². The van der Waals surface area contributed by atoms with Crippen LogP contribution in [0.15, 0.2) is 42.5 Å². The lowest BCUT2D eigenvalue weighted by atomic mass is 9.93. The first-order valence-electron chi connectivity index (χ1n) is 6.29. The standard InChI is InChI=1S/C16H16O4/c1-19-15(17)10-14(16(18)20-2)13-8-7-11-5-3-4-6-12(11)9-13/h3-9,14H,10H2,1-2H3. The van der Waals surface area contributed by atoms with Gasteiger partial charge in [0.05, 0.1) is 26.6 Å². The summed E-state index contributed by atoms with van der Waals surface area (Å²) in [5.41, 5.74) is 0.751. The number of hydrogen-bond donors (Lipinski definition) is 0. The predicted molar refractivity (Wildman–Crippen MR) is 75.3 cm³/mol. The largest absolute Gasteiger partial charge is 0.469 e. The van der Waals surface area contributed by atoms with E-state index < -0.39 is 17.9 Å². The summed E-state index contributed by atoms with van der Waals surface area (Å²) in [4.78, 5) is 23.3. The van der Waals surface area contributed by atoms with E-state index in [1.807, 2.05) is 42.5 Å². The molecule has 1 unspecified atom stereocenters. The number of carbonyl (C=O) groups is 2. The molecule has 4 nitrogen and oxygen atoms in total. The molecule has 0 aliphatic heterocycles. The third-order valence-corrected chi connectivity index (χ3v) is 3.26. The maximum absolute atomic E-state index is 11.9. The normalized spacial score (nSPS) is 11.9. The molecule has 0 radical (unpaired) electrons. The second kappa shape index (κ2) is 6.19. The van der Waals surface area contributed by atoms with E-state index in [1.165, 1.54) is 14.2 Å². The van der Waals surface area contributed by atoms with E-state index in [-0.39, 0.29) is 6.42 Å². The number of ether oxygens (including phenoxy) is 2. The van der Waals surface area contributed by atoms with E-state index in [0.29, 0.717) is 0 Å². The van der Waals surface area contributed by atoms with Gasteiger partial charge in [0, 0.05) is 0 Å². The molecule has 2 aromatic rings. The summed E-state index contributed by atoms with van der Waals surface area (Å²) in [5, 5.41) is 2.10. The molecule has 0 bridgehead atoms. The van der Waals surface area contributed by atoms with Crippen molar-refractivity contribution >= 4 is 22.7 Å². The molecule has 1 atom stereocenters. The molecule has 0 N–H and O–H groups in total. The first-order valence-corrected chi connectivity index (χ1v) is 6.29. The van der Waals surface area contributed by atoms with Crippen LogP contribution < -0.4 is 0 Å². The molecule has 104 valence electrons. The van der Waals surface area contributed by atoms with E-state index in [2.05, 4.69) is 4.74 Å². The topological polar surface area (TPSA) is 52.6 Å². The number of hydrogen-bond acceptors (Lipinski definition) is 4. The highest BCUT2D eigenvalue weighted by Gasteiger charge is 2.25. The van der Waals surface area contributed by atoms with Gasteiger partial charge in [0.1, 0.15) is 0 Å². The Morgan fingerprint density at radius 2 is 1.70 bits per heavy atom. The van der Waals surface area contributed by atoms with E-state index in [0.717, 1.165) is 16.3 Å². The highest BCUT2D eigenvalue weighted by Crippen LogP contribution is 2.25. The molecule has 0 spiro atoms. The smallest absolute Gasteiger partial charge is 0.313 e. The minimum absolute atomic E-state index is 0.0263. The fraction of sp³-hybridized carbons (Fsp3) is 0.250. The Morgan fingerprint density at radius 1 is 1.00 bits per heavy atom. The molecular weight excluding hydrogens is 256 g/mol. The number of fused-ring (bicyclic) bond motifs is 1. The Morgan fingerprint density at radius 3 is 2.35 bits per heavy atom. The second-order valence-electron chi connectivity index (χ2n) is 4.46. The predicted octanol–water partition coefficient (Wildman–Crippen LogP) is 2.66. The minimum atomic E-state index is -0.642. The maximum atomic E-state index is 11.9. The molecule has 2 aromatic carbocycles. The lowest BCUT2D eigenvalue weighted by molar-refractivity contribution is -0.149. The van der Waals surface area contributed by atoms with Crippen molar-refractivity contribution in [3.05, 3.63) is 48.0 Å². The lowest BCUT2D eigenvalue weighted by Gasteiger charge is -2.14. The fourth-order valence-corrected chi connectivity index (χ4v) is 2.15. The third kappa shape index (κ3) is 2.96. The zero-order chi connectivity index (χ0) is 14.5. The van der Waals surface area contributed by atoms with Crippen LogP contribution >= 0.6 is 0 Å². The summed E-state index contributed by atoms with van der Waals surface area (Å²) in [5.74, 6) is -1.52. The van der Waals surface area contributed by atoms with Gasteiger partial charge in [-0.1, -0.05) is 42.5 Å². The Balaban J connectivity index is 2.39. The van der Waals surface area contributed by atoms with Crippen LogP contribution in [0.5, 0.6) is 0 Å². The molecule has 0 aliphatic rings. The molecule has 0 saturated heterocycles. The molecule has 0 saturated carbocycles. The van der Waals surface area contributed by atoms with Crippen molar-refractivity contribution in [2.24, 2.45) is 0 Å². The Bertz CT molecular complexity index is 633. The van der Waals surface area contributed by atoms with Gasteiger partial charge in [0.25, 0.3) is 0 Å². The first-order chi connectivity index (χ1) is 9.65. The Labute approximate surface area is 117 Å². The monoisotopic (exact) mass is 272 g/mol. The molecule has 2 rings (SSSR count). The Kier molecular flexibility index (Phi) is 4.35. The van der Waals surface area contributed by atoms with Crippen LogP contribution in [0.1, 0.15) is 17.9 Å². The average Bonchev–Trinajstić information content (AvgIpc) is 2.51. The van der Waals surface area contributed by atoms with Crippen LogP contribution in [0.25, 0.3) is 10.8 Å². The molecule has 0 fully saturated rings. The zero-order valence-electron chi connectivity index (χ0n) is 11.5. The van der Waals surface area contributed by atoms with Gasteiger partial charge < -0.3 is 9.47 Å². The van der Waals surface area contributed by atoms with Gasteiger partial charge in [-0.15, -0.1) is 0 Å². The molecular formula is C16H16O4. The molecule has 0 heterocycles. The van der Waals surface area contributed by atoms with Gasteiger partial charge in [0.15, 0.2) is 0 Å². The van der Waals surface area contributed by atoms with Crippen molar-refractivity contribution in [3.63, 3.8) is 0 Å². The van der Waals surface area contributed by atoms with Crippen LogP contribution in [0.4, 0.5) is 0 Å². The van der Waals surface area contributed by atoms with Crippen LogP contribution in [-0.4, -0.2) is 26.2 Å². The average molecular weight is 272 g/mol. The van der Waals surface area contributed by atoms with E-state index in [4.69, 9.17) is 4.74 Å². The van der Waals surface area contributed by atoms with Gasteiger partial charge in [-0.05, 0) is 16.3 Å². The van der Waals surface area contributed by atoms with Crippen LogP contribution in [-0.2, 0) is 19.1 Å². The molecule has 20 heavy (non-hydrogen) atoms. The number of esters is 2. The maximum Gasteiger partial charge on any atom is 0.313 e. The summed E-state index contributed by atoms with van der Waals surface area (Å²) in [6, 6.07) is 13.5. The molecule has 0 aromatic heterocycles. The van der Waals surface area contributed by atoms with Gasteiger partial charge >= 0.3 is 11.9 Å². The second-order valence-corrected chi connectivity index (χ2v) is 4.46. The quantitative estimate of drug-likeness (QED) is 0.803. The Hall–Kier alpha value is -2.36. The van der Waals surface area contributed by atoms with Crippen molar-refractivity contribution in [3.8, 4) is 0 Å². The van der Waals surface area contributed by atoms with E-state index >= 15 is 0 Å². The number of benzene rings is 2. The van der Waals surface area contributed by atoms with Gasteiger partial charge in [-0.25, -0.2) is 0 Å². The summed E-state index contributed by atoms with van der Waals surface area (Å²) >= 11 is 0. The van der Waals surface area contributed by atoms with Crippen LogP contribution in [0.3, 0.4) is 0 Å². The van der Waals surface area contributed by atoms with Crippen molar-refractivity contribution in [2.75, 3.05) is 14.2 Å². The van der Waals surface area contributed by atoms with Crippen LogP contribution in [0.2, 0.25) is 0 Å². The lowest BCUT2D eigenvalue weighted by Crippen LogP contribution is -2.18. The first kappa shape index (κ1) is 14.1. The van der Waals surface area contributed by atoms with Crippen molar-refractivity contribution in [2.45, 2.75) is 12.3 Å². The van der Waals surface area contributed by atoms with E-state index in [1.54, 1.807) is 0 Å². The highest BCUT2D eigenvalue weighted by atomic mass is 16.5. The summed E-state index contributed by atoms with van der Waals surface area (Å²) < 4.78 is 9.42. The summed E-state index contributed by atoms with van der Waals surface area (Å²) in [7, 11) is 2.62. The van der Waals surface area contributed by atoms with Crippen LogP contribution in [0, 0.1) is 0 Å². The fourth-order valence-electron chi connectivity index (χ4n) is 2.15. The SMILES string of the molecule is COC(=O)CC(C(=O)OC)c1ccc2ccccc2c1.